The number of anilines is 1. The molecule has 0 aliphatic heterocycles. The first kappa shape index (κ1) is 11.0. The van der Waals surface area contributed by atoms with Crippen LogP contribution >= 0.6 is 11.6 Å². The smallest absolute Gasteiger partial charge is 0.174 e. The van der Waals surface area contributed by atoms with Gasteiger partial charge in [0.05, 0.1) is 5.52 Å². The number of pyridine rings is 1. The Balaban J connectivity index is 1.81. The van der Waals surface area contributed by atoms with Crippen LogP contribution in [0.4, 0.5) is 5.82 Å². The zero-order valence-electron chi connectivity index (χ0n) is 9.52. The first-order valence-electron chi connectivity index (χ1n) is 5.60. The Morgan fingerprint density at radius 3 is 3.06 bits per heavy atom. The molecule has 3 aromatic rings. The number of rotatable bonds is 3. The molecule has 2 heterocycles. The minimum Gasteiger partial charge on any atom is -0.363 e. The Morgan fingerprint density at radius 2 is 2.17 bits per heavy atom. The fourth-order valence-corrected chi connectivity index (χ4v) is 2.02. The first-order valence-corrected chi connectivity index (χ1v) is 5.98. The number of aromatic amines is 1. The lowest BCUT2D eigenvalue weighted by atomic mass is 10.2. The van der Waals surface area contributed by atoms with Gasteiger partial charge in [-0.05, 0) is 29.8 Å². The van der Waals surface area contributed by atoms with E-state index in [0.717, 1.165) is 27.4 Å². The van der Waals surface area contributed by atoms with Gasteiger partial charge in [0.15, 0.2) is 5.82 Å². The van der Waals surface area contributed by atoms with Crippen LogP contribution in [-0.2, 0) is 6.54 Å². The lowest BCUT2D eigenvalue weighted by Crippen LogP contribution is -2.00. The van der Waals surface area contributed by atoms with Crippen molar-refractivity contribution in [1.29, 1.82) is 0 Å². The molecule has 1 aromatic carbocycles. The maximum Gasteiger partial charge on any atom is 0.174 e. The fourth-order valence-electron chi connectivity index (χ4n) is 1.81. The van der Waals surface area contributed by atoms with Crippen molar-refractivity contribution < 1.29 is 0 Å². The number of hydrogen-bond donors (Lipinski definition) is 2. The fraction of sp³-hybridized carbons (Fsp3) is 0.0769. The van der Waals surface area contributed by atoms with Crippen molar-refractivity contribution in [3.8, 4) is 0 Å². The van der Waals surface area contributed by atoms with Crippen LogP contribution in [0.2, 0.25) is 5.02 Å². The van der Waals surface area contributed by atoms with E-state index in [4.69, 9.17) is 11.6 Å². The van der Waals surface area contributed by atoms with Gasteiger partial charge in [0.2, 0.25) is 0 Å². The van der Waals surface area contributed by atoms with Crippen LogP contribution in [0.25, 0.3) is 11.0 Å². The molecule has 0 amide bonds. The van der Waals surface area contributed by atoms with Crippen molar-refractivity contribution >= 4 is 28.5 Å². The third-order valence-electron chi connectivity index (χ3n) is 2.67. The van der Waals surface area contributed by atoms with E-state index in [0.29, 0.717) is 6.54 Å². The van der Waals surface area contributed by atoms with Gasteiger partial charge in [-0.25, -0.2) is 0 Å². The number of nitrogens with one attached hydrogen (secondary N) is 2. The largest absolute Gasteiger partial charge is 0.363 e. The summed E-state index contributed by atoms with van der Waals surface area (Å²) in [6.07, 6.45) is 1.75. The van der Waals surface area contributed by atoms with Crippen molar-refractivity contribution in [3.63, 3.8) is 0 Å². The summed E-state index contributed by atoms with van der Waals surface area (Å²) in [5, 5.41) is 11.1. The Hall–Kier alpha value is -2.07. The van der Waals surface area contributed by atoms with E-state index in [1.165, 1.54) is 0 Å². The van der Waals surface area contributed by atoms with Gasteiger partial charge in [-0.2, -0.15) is 5.10 Å². The summed E-state index contributed by atoms with van der Waals surface area (Å²) in [5.41, 5.74) is 2.88. The van der Waals surface area contributed by atoms with Gasteiger partial charge in [0, 0.05) is 17.8 Å². The number of aromatic nitrogens is 3. The van der Waals surface area contributed by atoms with Crippen LogP contribution in [0.15, 0.2) is 42.6 Å². The summed E-state index contributed by atoms with van der Waals surface area (Å²) in [4.78, 5) is 4.29. The maximum absolute atomic E-state index is 5.94. The summed E-state index contributed by atoms with van der Waals surface area (Å²) in [5.74, 6) is 0.755. The van der Waals surface area contributed by atoms with Gasteiger partial charge in [-0.1, -0.05) is 23.7 Å². The molecular weight excluding hydrogens is 248 g/mol. The molecule has 0 radical (unpaired) electrons. The van der Waals surface area contributed by atoms with Gasteiger partial charge in [0.25, 0.3) is 0 Å². The predicted octanol–water partition coefficient (Wildman–Crippen LogP) is 3.22. The van der Waals surface area contributed by atoms with Crippen molar-refractivity contribution in [1.82, 2.24) is 15.2 Å². The summed E-state index contributed by atoms with van der Waals surface area (Å²) in [7, 11) is 0. The minimum atomic E-state index is 0.664. The second-order valence-corrected chi connectivity index (χ2v) is 4.39. The van der Waals surface area contributed by atoms with Gasteiger partial charge in [0.1, 0.15) is 5.52 Å². The van der Waals surface area contributed by atoms with E-state index < -0.39 is 0 Å². The molecule has 5 heteroatoms. The van der Waals surface area contributed by atoms with Crippen molar-refractivity contribution in [2.45, 2.75) is 6.54 Å². The highest BCUT2D eigenvalue weighted by molar-refractivity contribution is 6.30. The van der Waals surface area contributed by atoms with E-state index in [-0.39, 0.29) is 0 Å². The summed E-state index contributed by atoms with van der Waals surface area (Å²) in [6.45, 7) is 0.664. The molecule has 0 bridgehead atoms. The summed E-state index contributed by atoms with van der Waals surface area (Å²) < 4.78 is 0. The lowest BCUT2D eigenvalue weighted by molar-refractivity contribution is 1.06. The Bertz CT molecular complexity index is 677. The number of fused-ring (bicyclic) bond motifs is 1. The zero-order valence-corrected chi connectivity index (χ0v) is 10.3. The highest BCUT2D eigenvalue weighted by Crippen LogP contribution is 2.18. The average molecular weight is 259 g/mol. The average Bonchev–Trinajstić information content (AvgIpc) is 2.80. The van der Waals surface area contributed by atoms with E-state index in [1.807, 2.05) is 36.4 Å². The molecule has 0 saturated heterocycles. The third kappa shape index (κ3) is 2.15. The maximum atomic E-state index is 5.94. The Labute approximate surface area is 109 Å². The van der Waals surface area contributed by atoms with Crippen LogP contribution in [0.1, 0.15) is 5.56 Å². The molecular formula is C13H11ClN4. The number of H-pyrrole nitrogens is 1. The lowest BCUT2D eigenvalue weighted by Gasteiger charge is -2.03. The van der Waals surface area contributed by atoms with Crippen molar-refractivity contribution in [2.75, 3.05) is 5.32 Å². The summed E-state index contributed by atoms with van der Waals surface area (Å²) >= 11 is 5.94. The van der Waals surface area contributed by atoms with E-state index in [1.54, 1.807) is 6.20 Å². The van der Waals surface area contributed by atoms with Crippen molar-refractivity contribution in [2.24, 2.45) is 0 Å². The minimum absolute atomic E-state index is 0.664. The van der Waals surface area contributed by atoms with Crippen LogP contribution in [-0.4, -0.2) is 15.2 Å². The molecule has 0 aliphatic carbocycles. The molecule has 2 N–H and O–H groups in total. The van der Waals surface area contributed by atoms with E-state index in [9.17, 15) is 0 Å². The first-order chi connectivity index (χ1) is 8.83. The number of hydrogen-bond acceptors (Lipinski definition) is 3. The van der Waals surface area contributed by atoms with Crippen LogP contribution in [0, 0.1) is 0 Å². The molecule has 2 aromatic heterocycles. The Morgan fingerprint density at radius 1 is 1.22 bits per heavy atom. The Kier molecular flexibility index (Phi) is 2.86. The number of nitrogens with zero attached hydrogens (tertiary/aromatic N) is 2. The van der Waals surface area contributed by atoms with Gasteiger partial charge < -0.3 is 5.32 Å². The van der Waals surface area contributed by atoms with E-state index in [2.05, 4.69) is 20.5 Å². The molecule has 3 rings (SSSR count). The highest BCUT2D eigenvalue weighted by atomic mass is 35.5. The normalized spacial score (nSPS) is 10.7. The predicted molar refractivity (Wildman–Crippen MR) is 72.7 cm³/mol. The monoisotopic (exact) mass is 258 g/mol. The molecule has 0 unspecified atom stereocenters. The number of benzene rings is 1. The van der Waals surface area contributed by atoms with E-state index >= 15 is 0 Å². The zero-order chi connectivity index (χ0) is 12.4. The molecule has 0 aliphatic rings. The number of halogens is 1. The SMILES string of the molecule is Clc1cccc(CNc2n[nH]c3cccnc23)c1. The van der Waals surface area contributed by atoms with Crippen LogP contribution < -0.4 is 5.32 Å². The van der Waals surface area contributed by atoms with Crippen LogP contribution in [0.3, 0.4) is 0 Å². The topological polar surface area (TPSA) is 53.6 Å². The molecule has 4 nitrogen and oxygen atoms in total. The molecule has 0 atom stereocenters. The highest BCUT2D eigenvalue weighted by Gasteiger charge is 2.05. The quantitative estimate of drug-likeness (QED) is 0.758. The van der Waals surface area contributed by atoms with Gasteiger partial charge in [-0.3, -0.25) is 10.1 Å². The van der Waals surface area contributed by atoms with Gasteiger partial charge in [-0.15, -0.1) is 0 Å². The third-order valence-corrected chi connectivity index (χ3v) is 2.90. The van der Waals surface area contributed by atoms with Crippen molar-refractivity contribution in [3.05, 3.63) is 53.2 Å². The second-order valence-electron chi connectivity index (χ2n) is 3.96. The molecule has 0 spiro atoms. The molecule has 0 saturated carbocycles. The van der Waals surface area contributed by atoms with Gasteiger partial charge >= 0.3 is 0 Å². The standard InChI is InChI=1S/C13H11ClN4/c14-10-4-1-3-9(7-10)8-16-13-12-11(17-18-13)5-2-6-15-12/h1-7H,8H2,(H2,16,17,18). The molecule has 0 fully saturated rings. The molecule has 18 heavy (non-hydrogen) atoms. The molecule has 90 valence electrons. The second kappa shape index (κ2) is 4.66. The van der Waals surface area contributed by atoms with Crippen LogP contribution in [0.5, 0.6) is 0 Å². The summed E-state index contributed by atoms with van der Waals surface area (Å²) in [6, 6.07) is 11.6.